The molecule has 15 heavy (non-hydrogen) atoms. The first kappa shape index (κ1) is 19.4. The van der Waals surface area contributed by atoms with Gasteiger partial charge in [0.05, 0.1) is 0 Å². The lowest BCUT2D eigenvalue weighted by atomic mass is 10.6. The number of aliphatic hydroxyl groups is 2. The number of aliphatic carboxylic acids is 2. The molecule has 0 aliphatic carbocycles. The molecule has 0 aliphatic heterocycles. The molecule has 0 rings (SSSR count). The molecule has 8 heteroatoms. The SMILES string of the molecule is CC(=O)O.CC(=O)O.NCCNC(O)O. The Hall–Kier alpha value is -1.22. The lowest BCUT2D eigenvalue weighted by Crippen LogP contribution is -2.32. The van der Waals surface area contributed by atoms with E-state index in [1.54, 1.807) is 0 Å². The zero-order valence-corrected chi connectivity index (χ0v) is 8.67. The summed E-state index contributed by atoms with van der Waals surface area (Å²) in [6, 6.07) is 0. The molecule has 0 amide bonds. The van der Waals surface area contributed by atoms with Crippen molar-refractivity contribution in [2.45, 2.75) is 20.3 Å². The van der Waals surface area contributed by atoms with Crippen LogP contribution in [0.25, 0.3) is 0 Å². The summed E-state index contributed by atoms with van der Waals surface area (Å²) in [5.41, 5.74) is 4.99. The highest BCUT2D eigenvalue weighted by Gasteiger charge is 1.88. The second-order valence-corrected chi connectivity index (χ2v) is 2.15. The third-order valence-electron chi connectivity index (χ3n) is 0.471. The molecule has 0 saturated carbocycles. The van der Waals surface area contributed by atoms with Gasteiger partial charge in [0, 0.05) is 26.9 Å². The summed E-state index contributed by atoms with van der Waals surface area (Å²) in [6.07, 6.45) is -1.43. The second kappa shape index (κ2) is 15.3. The van der Waals surface area contributed by atoms with E-state index in [0.717, 1.165) is 13.8 Å². The second-order valence-electron chi connectivity index (χ2n) is 2.15. The van der Waals surface area contributed by atoms with Crippen LogP contribution in [0, 0.1) is 0 Å². The summed E-state index contributed by atoms with van der Waals surface area (Å²) >= 11 is 0. The van der Waals surface area contributed by atoms with Gasteiger partial charge in [-0.25, -0.2) is 0 Å². The maximum absolute atomic E-state index is 9.00. The van der Waals surface area contributed by atoms with Crippen LogP contribution in [-0.4, -0.2) is 51.9 Å². The van der Waals surface area contributed by atoms with E-state index in [1.165, 1.54) is 0 Å². The average Bonchev–Trinajstić information content (AvgIpc) is 1.98. The Bertz CT molecular complexity index is 142. The van der Waals surface area contributed by atoms with Gasteiger partial charge in [0.1, 0.15) is 0 Å². The standard InChI is InChI=1S/C3H10N2O2.2C2H4O2/c4-1-2-5-3(6)7;2*1-2(3)4/h3,5-7H,1-2,4H2;2*1H3,(H,3,4). The Morgan fingerprint density at radius 1 is 1.20 bits per heavy atom. The lowest BCUT2D eigenvalue weighted by Gasteiger charge is -2.01. The van der Waals surface area contributed by atoms with E-state index >= 15 is 0 Å². The van der Waals surface area contributed by atoms with E-state index < -0.39 is 18.4 Å². The number of carbonyl (C=O) groups is 2. The van der Waals surface area contributed by atoms with Gasteiger partial charge in [-0.3, -0.25) is 14.9 Å². The minimum Gasteiger partial charge on any atom is -0.481 e. The van der Waals surface area contributed by atoms with Gasteiger partial charge in [0.2, 0.25) is 6.41 Å². The molecule has 7 N–H and O–H groups in total. The van der Waals surface area contributed by atoms with Gasteiger partial charge in [-0.1, -0.05) is 0 Å². The Morgan fingerprint density at radius 3 is 1.53 bits per heavy atom. The van der Waals surface area contributed by atoms with Crippen LogP contribution < -0.4 is 11.1 Å². The van der Waals surface area contributed by atoms with Crippen LogP contribution in [0.4, 0.5) is 0 Å². The van der Waals surface area contributed by atoms with Gasteiger partial charge < -0.3 is 26.2 Å². The van der Waals surface area contributed by atoms with Crippen molar-refractivity contribution in [2.75, 3.05) is 13.1 Å². The normalized spacial score (nSPS) is 8.13. The van der Waals surface area contributed by atoms with Crippen LogP contribution in [0.3, 0.4) is 0 Å². The zero-order valence-electron chi connectivity index (χ0n) is 8.67. The highest BCUT2D eigenvalue weighted by atomic mass is 16.5. The molecule has 0 saturated heterocycles. The number of carboxylic acids is 2. The van der Waals surface area contributed by atoms with Gasteiger partial charge >= 0.3 is 0 Å². The van der Waals surface area contributed by atoms with Crippen molar-refractivity contribution in [1.29, 1.82) is 0 Å². The van der Waals surface area contributed by atoms with E-state index in [2.05, 4.69) is 5.32 Å². The minimum absolute atomic E-state index is 0.414. The molecule has 0 bridgehead atoms. The molecular weight excluding hydrogens is 208 g/mol. The van der Waals surface area contributed by atoms with Gasteiger partial charge in [0.15, 0.2) is 0 Å². The fraction of sp³-hybridized carbons (Fsp3) is 0.714. The first-order valence-electron chi connectivity index (χ1n) is 3.92. The summed E-state index contributed by atoms with van der Waals surface area (Å²) in [4.78, 5) is 18.0. The highest BCUT2D eigenvalue weighted by Crippen LogP contribution is 1.59. The smallest absolute Gasteiger partial charge is 0.300 e. The number of nitrogens with one attached hydrogen (secondary N) is 1. The molecule has 92 valence electrons. The molecule has 0 aromatic heterocycles. The van der Waals surface area contributed by atoms with Crippen molar-refractivity contribution in [3.05, 3.63) is 0 Å². The summed E-state index contributed by atoms with van der Waals surface area (Å²) < 4.78 is 0. The topological polar surface area (TPSA) is 153 Å². The van der Waals surface area contributed by atoms with Crippen LogP contribution >= 0.6 is 0 Å². The van der Waals surface area contributed by atoms with E-state index in [-0.39, 0.29) is 0 Å². The molecule has 0 unspecified atom stereocenters. The first-order chi connectivity index (χ1) is 6.73. The summed E-state index contributed by atoms with van der Waals surface area (Å²) in [6.45, 7) is 3.01. The van der Waals surface area contributed by atoms with Gasteiger partial charge in [-0.05, 0) is 0 Å². The van der Waals surface area contributed by atoms with Gasteiger partial charge in [-0.15, -0.1) is 0 Å². The fourth-order valence-corrected chi connectivity index (χ4v) is 0.212. The van der Waals surface area contributed by atoms with Gasteiger partial charge in [0.25, 0.3) is 11.9 Å². The maximum Gasteiger partial charge on any atom is 0.300 e. The van der Waals surface area contributed by atoms with Crippen molar-refractivity contribution in [2.24, 2.45) is 5.73 Å². The van der Waals surface area contributed by atoms with Crippen LogP contribution in [-0.2, 0) is 9.59 Å². The molecule has 0 fully saturated rings. The van der Waals surface area contributed by atoms with Crippen LogP contribution in [0.2, 0.25) is 0 Å². The van der Waals surface area contributed by atoms with E-state index in [4.69, 9.17) is 35.7 Å². The molecule has 0 aromatic rings. The molecule has 0 radical (unpaired) electrons. The molecule has 0 heterocycles. The summed E-state index contributed by atoms with van der Waals surface area (Å²) in [7, 11) is 0. The Labute approximate surface area is 87.3 Å². The number of carboxylic acid groups (broad SMARTS) is 2. The lowest BCUT2D eigenvalue weighted by molar-refractivity contribution is -0.135. The molecule has 0 aromatic carbocycles. The Kier molecular flexibility index (Phi) is 19.7. The molecule has 8 nitrogen and oxygen atoms in total. The monoisotopic (exact) mass is 226 g/mol. The predicted molar refractivity (Wildman–Crippen MR) is 51.9 cm³/mol. The zero-order chi connectivity index (χ0) is 12.9. The van der Waals surface area contributed by atoms with E-state index in [0.29, 0.717) is 13.1 Å². The van der Waals surface area contributed by atoms with Crippen molar-refractivity contribution in [3.8, 4) is 0 Å². The van der Waals surface area contributed by atoms with Crippen molar-refractivity contribution < 1.29 is 30.0 Å². The van der Waals surface area contributed by atoms with Crippen molar-refractivity contribution in [3.63, 3.8) is 0 Å². The number of hydrogen-bond acceptors (Lipinski definition) is 6. The van der Waals surface area contributed by atoms with Crippen molar-refractivity contribution in [1.82, 2.24) is 5.32 Å². The van der Waals surface area contributed by atoms with Crippen LogP contribution in [0.5, 0.6) is 0 Å². The number of aliphatic hydroxyl groups excluding tert-OH is 1. The maximum atomic E-state index is 9.00. The predicted octanol–water partition coefficient (Wildman–Crippen LogP) is -2.02. The van der Waals surface area contributed by atoms with Crippen LogP contribution in [0.15, 0.2) is 0 Å². The summed E-state index contributed by atoms with van der Waals surface area (Å²) in [5.74, 6) is -1.67. The molecule has 0 aliphatic rings. The molecular formula is C7H18N2O6. The van der Waals surface area contributed by atoms with Gasteiger partial charge in [-0.2, -0.15) is 0 Å². The average molecular weight is 226 g/mol. The third kappa shape index (κ3) is 192. The third-order valence-corrected chi connectivity index (χ3v) is 0.471. The van der Waals surface area contributed by atoms with E-state index in [1.807, 2.05) is 0 Å². The fourth-order valence-electron chi connectivity index (χ4n) is 0.212. The minimum atomic E-state index is -1.43. The Morgan fingerprint density at radius 2 is 1.47 bits per heavy atom. The number of nitrogens with two attached hydrogens (primary N) is 1. The first-order valence-corrected chi connectivity index (χ1v) is 3.92. The van der Waals surface area contributed by atoms with E-state index in [9.17, 15) is 0 Å². The molecule has 0 atom stereocenters. The number of hydrogen-bond donors (Lipinski definition) is 6. The quantitative estimate of drug-likeness (QED) is 0.302. The Balaban J connectivity index is -0.000000155. The largest absolute Gasteiger partial charge is 0.481 e. The van der Waals surface area contributed by atoms with Crippen LogP contribution in [0.1, 0.15) is 13.8 Å². The summed E-state index contributed by atoms with van der Waals surface area (Å²) in [5, 5.41) is 33.3. The van der Waals surface area contributed by atoms with Crippen molar-refractivity contribution >= 4 is 11.9 Å². The molecule has 0 spiro atoms. The highest BCUT2D eigenvalue weighted by molar-refractivity contribution is 5.63. The number of rotatable bonds is 3.